The zero-order valence-electron chi connectivity index (χ0n) is 24.7. The highest BCUT2D eigenvalue weighted by Crippen LogP contribution is 2.35. The monoisotopic (exact) mass is 655 g/mol. The summed E-state index contributed by atoms with van der Waals surface area (Å²) in [5.41, 5.74) is -0.0658. The second-order valence-corrected chi connectivity index (χ2v) is 13.9. The fourth-order valence-electron chi connectivity index (χ4n) is 5.20. The van der Waals surface area contributed by atoms with Crippen LogP contribution in [0.3, 0.4) is 0 Å². The third kappa shape index (κ3) is 9.79. The second-order valence-electron chi connectivity index (χ2n) is 10.5. The highest BCUT2D eigenvalue weighted by atomic mass is 32.2. The number of hydrogen-bond donors (Lipinski definition) is 1. The fourth-order valence-corrected chi connectivity index (χ4v) is 7.29. The third-order valence-electron chi connectivity index (χ3n) is 7.38. The second kappa shape index (κ2) is 16.2. The summed E-state index contributed by atoms with van der Waals surface area (Å²) < 4.78 is 58.9. The summed E-state index contributed by atoms with van der Waals surface area (Å²) in [5, 5.41) is 9.12. The van der Waals surface area contributed by atoms with Crippen molar-refractivity contribution in [2.75, 3.05) is 26.2 Å². The van der Waals surface area contributed by atoms with Crippen molar-refractivity contribution in [1.29, 1.82) is 0 Å². The maximum atomic E-state index is 10.7. The van der Waals surface area contributed by atoms with Crippen LogP contribution in [0.1, 0.15) is 36.8 Å². The zero-order chi connectivity index (χ0) is 32.3. The zero-order valence-corrected chi connectivity index (χ0v) is 26.3. The Morgan fingerprint density at radius 2 is 1.13 bits per heavy atom. The van der Waals surface area contributed by atoms with E-state index in [9.17, 15) is 13.2 Å². The van der Waals surface area contributed by atoms with Gasteiger partial charge < -0.3 is 14.6 Å². The molecule has 0 radical (unpaired) electrons. The van der Waals surface area contributed by atoms with Crippen LogP contribution < -0.4 is 0 Å². The largest absolute Gasteiger partial charge is 0.741 e. The highest BCUT2D eigenvalue weighted by Gasteiger charge is 2.37. The first-order valence-electron chi connectivity index (χ1n) is 14.7. The van der Waals surface area contributed by atoms with Gasteiger partial charge in [-0.3, -0.25) is 0 Å². The van der Waals surface area contributed by atoms with Crippen LogP contribution in [-0.2, 0) is 21.0 Å². The van der Waals surface area contributed by atoms with Gasteiger partial charge in [-0.05, 0) is 97.5 Å². The smallest absolute Gasteiger partial charge is 0.485 e. The van der Waals surface area contributed by atoms with Crippen LogP contribution in [0, 0.1) is 0 Å². The first-order chi connectivity index (χ1) is 21.6. The van der Waals surface area contributed by atoms with Crippen molar-refractivity contribution in [3.05, 3.63) is 132 Å². The number of aliphatic hydroxyl groups is 1. The lowest BCUT2D eigenvalue weighted by atomic mass is 9.88. The number of likely N-dealkylation sites (tertiary alicyclic amines) is 1. The van der Waals surface area contributed by atoms with Gasteiger partial charge in [0.25, 0.3) is 0 Å². The van der Waals surface area contributed by atoms with Gasteiger partial charge in [0.05, 0.1) is 10.9 Å². The standard InChI is InChI=1S/C34H36NOS.CHF3O3S/c36-27-11-10-24-35-25-22-30(23-26-35)34(28-12-4-1-5-13-28)29-18-20-33(21-19-29)37(31-14-6-2-7-15-31)32-16-8-3-9-17-32;2-1(3,4)8(5,6)7/h1-9,12-21,36H,10-11,22-27H2;(H,5,6,7)/q+1;/p-1. The summed E-state index contributed by atoms with van der Waals surface area (Å²) >= 11 is 0. The maximum absolute atomic E-state index is 10.7. The van der Waals surface area contributed by atoms with Gasteiger partial charge >= 0.3 is 5.51 Å². The molecular weight excluding hydrogens is 620 g/mol. The number of aliphatic hydroxyl groups excluding tert-OH is 1. The molecule has 0 saturated carbocycles. The van der Waals surface area contributed by atoms with E-state index in [0.29, 0.717) is 6.61 Å². The molecule has 10 heteroatoms. The molecule has 1 aliphatic heterocycles. The Morgan fingerprint density at radius 1 is 0.711 bits per heavy atom. The summed E-state index contributed by atoms with van der Waals surface area (Å²) in [6, 6.07) is 42.0. The minimum Gasteiger partial charge on any atom is -0.741 e. The van der Waals surface area contributed by atoms with Gasteiger partial charge in [-0.25, -0.2) is 8.42 Å². The summed E-state index contributed by atoms with van der Waals surface area (Å²) in [7, 11) is -6.23. The average molecular weight is 656 g/mol. The van der Waals surface area contributed by atoms with Crippen molar-refractivity contribution in [2.24, 2.45) is 0 Å². The Bertz CT molecular complexity index is 1570. The first kappa shape index (κ1) is 34.5. The van der Waals surface area contributed by atoms with E-state index < -0.39 is 15.6 Å². The molecule has 0 bridgehead atoms. The van der Waals surface area contributed by atoms with Crippen LogP contribution in [0.5, 0.6) is 0 Å². The molecular formula is C35H36F3NO4S2. The molecule has 4 aromatic carbocycles. The van der Waals surface area contributed by atoms with Gasteiger partial charge in [-0.15, -0.1) is 0 Å². The van der Waals surface area contributed by atoms with Crippen LogP contribution in [-0.4, -0.2) is 54.7 Å². The van der Waals surface area contributed by atoms with Crippen molar-refractivity contribution in [3.63, 3.8) is 0 Å². The molecule has 238 valence electrons. The lowest BCUT2D eigenvalue weighted by molar-refractivity contribution is -0.0517. The van der Waals surface area contributed by atoms with E-state index >= 15 is 0 Å². The van der Waals surface area contributed by atoms with Crippen molar-refractivity contribution in [1.82, 2.24) is 4.90 Å². The van der Waals surface area contributed by atoms with Crippen LogP contribution in [0.15, 0.2) is 136 Å². The predicted octanol–water partition coefficient (Wildman–Crippen LogP) is 7.50. The first-order valence-corrected chi connectivity index (χ1v) is 17.3. The summed E-state index contributed by atoms with van der Waals surface area (Å²) in [6.07, 6.45) is 4.18. The number of hydrogen-bond acceptors (Lipinski definition) is 5. The van der Waals surface area contributed by atoms with Crippen LogP contribution in [0.25, 0.3) is 5.57 Å². The minimum absolute atomic E-state index is 0.135. The molecule has 0 aromatic heterocycles. The minimum atomic E-state index is -6.09. The molecule has 1 saturated heterocycles. The van der Waals surface area contributed by atoms with Crippen molar-refractivity contribution in [2.45, 2.75) is 45.9 Å². The Morgan fingerprint density at radius 3 is 1.58 bits per heavy atom. The highest BCUT2D eigenvalue weighted by molar-refractivity contribution is 7.97. The average Bonchev–Trinajstić information content (AvgIpc) is 3.04. The molecule has 1 N–H and O–H groups in total. The molecule has 0 spiro atoms. The van der Waals surface area contributed by atoms with Crippen molar-refractivity contribution in [3.8, 4) is 0 Å². The van der Waals surface area contributed by atoms with Crippen molar-refractivity contribution >= 4 is 26.6 Å². The van der Waals surface area contributed by atoms with E-state index in [-0.39, 0.29) is 10.9 Å². The van der Waals surface area contributed by atoms with Gasteiger partial charge in [0.15, 0.2) is 24.8 Å². The Balaban J connectivity index is 0.000000510. The Hall–Kier alpha value is -3.41. The van der Waals surface area contributed by atoms with E-state index in [4.69, 9.17) is 18.1 Å². The molecule has 0 unspecified atom stereocenters. The lowest BCUT2D eigenvalue weighted by Crippen LogP contribution is -2.32. The van der Waals surface area contributed by atoms with Crippen LogP contribution in [0.4, 0.5) is 13.2 Å². The quantitative estimate of drug-likeness (QED) is 0.0874. The SMILES string of the molecule is O=S(=O)([O-])C(F)(F)F.OCCCCN1CCC(=C(c2ccccc2)c2ccc([S+](c3ccccc3)c3ccccc3)cc2)CC1. The van der Waals surface area contributed by atoms with Gasteiger partial charge in [0.2, 0.25) is 0 Å². The molecule has 5 rings (SSSR count). The number of halogens is 3. The molecule has 4 aromatic rings. The molecule has 0 atom stereocenters. The van der Waals surface area contributed by atoms with E-state index in [1.165, 1.54) is 31.4 Å². The molecule has 45 heavy (non-hydrogen) atoms. The lowest BCUT2D eigenvalue weighted by Gasteiger charge is -2.30. The molecule has 0 amide bonds. The summed E-state index contributed by atoms with van der Waals surface area (Å²) in [6.45, 7) is 3.58. The number of alkyl halides is 3. The van der Waals surface area contributed by atoms with E-state index in [0.717, 1.165) is 45.3 Å². The normalized spacial score (nSPS) is 14.1. The molecule has 5 nitrogen and oxygen atoms in total. The topological polar surface area (TPSA) is 80.7 Å². The molecule has 0 aliphatic carbocycles. The molecule has 1 fully saturated rings. The fraction of sp³-hybridized carbons (Fsp3) is 0.257. The predicted molar refractivity (Wildman–Crippen MR) is 172 cm³/mol. The Kier molecular flexibility index (Phi) is 12.4. The molecule has 1 aliphatic rings. The Labute approximate surface area is 266 Å². The third-order valence-corrected chi connectivity index (χ3v) is 10.2. The molecule has 1 heterocycles. The number of benzene rings is 4. The van der Waals surface area contributed by atoms with Gasteiger partial charge in [-0.2, -0.15) is 13.2 Å². The van der Waals surface area contributed by atoms with Crippen LogP contribution in [0.2, 0.25) is 0 Å². The van der Waals surface area contributed by atoms with Gasteiger partial charge in [-0.1, -0.05) is 72.3 Å². The van der Waals surface area contributed by atoms with Gasteiger partial charge in [0, 0.05) is 19.7 Å². The summed E-state index contributed by atoms with van der Waals surface area (Å²) in [5.74, 6) is 0. The van der Waals surface area contributed by atoms with Crippen molar-refractivity contribution < 1.29 is 31.2 Å². The van der Waals surface area contributed by atoms with Crippen LogP contribution >= 0.6 is 0 Å². The maximum Gasteiger partial charge on any atom is 0.485 e. The number of rotatable bonds is 9. The van der Waals surface area contributed by atoms with E-state index in [1.54, 1.807) is 5.57 Å². The van der Waals surface area contributed by atoms with E-state index in [1.807, 2.05) is 0 Å². The number of unbranched alkanes of at least 4 members (excludes halogenated alkanes) is 1. The number of nitrogens with zero attached hydrogens (tertiary/aromatic N) is 1. The van der Waals surface area contributed by atoms with Gasteiger partial charge in [0.1, 0.15) is 0 Å². The summed E-state index contributed by atoms with van der Waals surface area (Å²) in [4.78, 5) is 6.58. The number of piperidine rings is 1. The van der Waals surface area contributed by atoms with E-state index in [2.05, 4.69) is 120 Å².